The van der Waals surface area contributed by atoms with Gasteiger partial charge in [-0.3, -0.25) is 0 Å². The van der Waals surface area contributed by atoms with E-state index in [4.69, 9.17) is 9.72 Å². The van der Waals surface area contributed by atoms with E-state index >= 15 is 0 Å². The Morgan fingerprint density at radius 3 is 2.35 bits per heavy atom. The summed E-state index contributed by atoms with van der Waals surface area (Å²) < 4.78 is 5.44. The maximum atomic E-state index is 5.44. The Bertz CT molecular complexity index is 752. The maximum absolute atomic E-state index is 5.44. The third-order valence-corrected chi connectivity index (χ3v) is 5.44. The Hall–Kier alpha value is -2.34. The van der Waals surface area contributed by atoms with Gasteiger partial charge in [-0.05, 0) is 37.1 Å². The van der Waals surface area contributed by atoms with Crippen molar-refractivity contribution in [3.63, 3.8) is 0 Å². The van der Waals surface area contributed by atoms with Crippen molar-refractivity contribution in [2.75, 3.05) is 67.2 Å². The van der Waals surface area contributed by atoms with Crippen LogP contribution in [-0.2, 0) is 4.74 Å². The number of morpholine rings is 1. The van der Waals surface area contributed by atoms with Gasteiger partial charge in [-0.2, -0.15) is 4.98 Å². The molecule has 0 aliphatic carbocycles. The first-order chi connectivity index (χ1) is 12.7. The quantitative estimate of drug-likeness (QED) is 0.843. The van der Waals surface area contributed by atoms with Crippen molar-refractivity contribution in [1.82, 2.24) is 9.97 Å². The van der Waals surface area contributed by atoms with Crippen LogP contribution in [0.15, 0.2) is 30.5 Å². The molecule has 6 heteroatoms. The van der Waals surface area contributed by atoms with Gasteiger partial charge in [0.05, 0.1) is 13.2 Å². The Labute approximate surface area is 155 Å². The second-order valence-electron chi connectivity index (χ2n) is 7.01. The van der Waals surface area contributed by atoms with Crippen molar-refractivity contribution in [2.45, 2.75) is 13.8 Å². The number of nitrogens with zero attached hydrogens (tertiary/aromatic N) is 5. The van der Waals surface area contributed by atoms with Crippen molar-refractivity contribution in [2.24, 2.45) is 0 Å². The van der Waals surface area contributed by atoms with E-state index in [9.17, 15) is 0 Å². The van der Waals surface area contributed by atoms with Gasteiger partial charge in [-0.1, -0.05) is 12.1 Å². The van der Waals surface area contributed by atoms with Crippen LogP contribution in [0, 0.1) is 13.8 Å². The molecule has 2 aliphatic heterocycles. The van der Waals surface area contributed by atoms with Crippen molar-refractivity contribution in [3.8, 4) is 0 Å². The Balaban J connectivity index is 1.44. The van der Waals surface area contributed by atoms with E-state index in [0.29, 0.717) is 0 Å². The number of hydrogen-bond acceptors (Lipinski definition) is 6. The van der Waals surface area contributed by atoms with Crippen LogP contribution in [0.25, 0.3) is 0 Å². The predicted octanol–water partition coefficient (Wildman–Crippen LogP) is 2.26. The number of aryl methyl sites for hydroxylation is 1. The fraction of sp³-hybridized carbons (Fsp3) is 0.500. The third-order valence-electron chi connectivity index (χ3n) is 5.44. The second-order valence-corrected chi connectivity index (χ2v) is 7.01. The molecule has 0 radical (unpaired) electrons. The number of aromatic nitrogens is 2. The van der Waals surface area contributed by atoms with E-state index in [1.807, 2.05) is 12.3 Å². The molecular formula is C20H27N5O. The van der Waals surface area contributed by atoms with E-state index in [1.165, 1.54) is 16.8 Å². The SMILES string of the molecule is Cc1cccc(N2CCN(c3nccc(N4CCOCC4)n3)CC2)c1C. The molecule has 0 bridgehead atoms. The first-order valence-electron chi connectivity index (χ1n) is 9.44. The van der Waals surface area contributed by atoms with Crippen molar-refractivity contribution >= 4 is 17.5 Å². The Kier molecular flexibility index (Phi) is 4.93. The van der Waals surface area contributed by atoms with Crippen molar-refractivity contribution in [3.05, 3.63) is 41.6 Å². The maximum Gasteiger partial charge on any atom is 0.227 e. The smallest absolute Gasteiger partial charge is 0.227 e. The predicted molar refractivity (Wildman–Crippen MR) is 105 cm³/mol. The zero-order valence-electron chi connectivity index (χ0n) is 15.7. The molecule has 2 aliphatic rings. The summed E-state index contributed by atoms with van der Waals surface area (Å²) in [5.41, 5.74) is 4.09. The number of piperazine rings is 1. The van der Waals surface area contributed by atoms with E-state index in [0.717, 1.165) is 64.2 Å². The average molecular weight is 353 g/mol. The largest absolute Gasteiger partial charge is 0.378 e. The summed E-state index contributed by atoms with van der Waals surface area (Å²) >= 11 is 0. The van der Waals surface area contributed by atoms with Gasteiger partial charge in [-0.15, -0.1) is 0 Å². The molecule has 26 heavy (non-hydrogen) atoms. The fourth-order valence-corrected chi connectivity index (χ4v) is 3.69. The van der Waals surface area contributed by atoms with E-state index in [1.54, 1.807) is 0 Å². The molecule has 0 atom stereocenters. The first kappa shape index (κ1) is 17.1. The van der Waals surface area contributed by atoms with E-state index in [2.05, 4.69) is 51.7 Å². The highest BCUT2D eigenvalue weighted by molar-refractivity contribution is 5.57. The lowest BCUT2D eigenvalue weighted by molar-refractivity contribution is 0.122. The van der Waals surface area contributed by atoms with Gasteiger partial charge in [0.2, 0.25) is 5.95 Å². The van der Waals surface area contributed by atoms with Crippen LogP contribution in [0.1, 0.15) is 11.1 Å². The van der Waals surface area contributed by atoms with Gasteiger partial charge < -0.3 is 19.4 Å². The minimum atomic E-state index is 0.772. The summed E-state index contributed by atoms with van der Waals surface area (Å²) in [7, 11) is 0. The number of hydrogen-bond donors (Lipinski definition) is 0. The van der Waals surface area contributed by atoms with Crippen LogP contribution >= 0.6 is 0 Å². The van der Waals surface area contributed by atoms with E-state index in [-0.39, 0.29) is 0 Å². The highest BCUT2D eigenvalue weighted by Gasteiger charge is 2.21. The molecule has 138 valence electrons. The molecule has 0 amide bonds. The van der Waals surface area contributed by atoms with Gasteiger partial charge in [0.15, 0.2) is 0 Å². The van der Waals surface area contributed by atoms with Crippen LogP contribution in [-0.4, -0.2) is 62.5 Å². The zero-order valence-corrected chi connectivity index (χ0v) is 15.7. The van der Waals surface area contributed by atoms with Crippen LogP contribution < -0.4 is 14.7 Å². The lowest BCUT2D eigenvalue weighted by Gasteiger charge is -2.37. The van der Waals surface area contributed by atoms with E-state index < -0.39 is 0 Å². The molecule has 4 rings (SSSR count). The number of benzene rings is 1. The minimum Gasteiger partial charge on any atom is -0.378 e. The highest BCUT2D eigenvalue weighted by Crippen LogP contribution is 2.25. The standard InChI is InChI=1S/C20H27N5O/c1-16-4-3-5-18(17(16)2)23-8-10-25(11-9-23)20-21-7-6-19(22-20)24-12-14-26-15-13-24/h3-7H,8-15H2,1-2H3. The number of ether oxygens (including phenoxy) is 1. The molecular weight excluding hydrogens is 326 g/mol. The minimum absolute atomic E-state index is 0.772. The van der Waals surface area contributed by atoms with Crippen LogP contribution in [0.5, 0.6) is 0 Å². The van der Waals surface area contributed by atoms with Gasteiger partial charge >= 0.3 is 0 Å². The second kappa shape index (κ2) is 7.50. The van der Waals surface area contributed by atoms with Crippen LogP contribution in [0.4, 0.5) is 17.5 Å². The third kappa shape index (κ3) is 3.46. The summed E-state index contributed by atoms with van der Waals surface area (Å²) in [6.07, 6.45) is 1.88. The highest BCUT2D eigenvalue weighted by atomic mass is 16.5. The first-order valence-corrected chi connectivity index (χ1v) is 9.44. The molecule has 2 aromatic rings. The monoisotopic (exact) mass is 353 g/mol. The molecule has 0 spiro atoms. The molecule has 1 aromatic carbocycles. The van der Waals surface area contributed by atoms with Crippen molar-refractivity contribution < 1.29 is 4.74 Å². The van der Waals surface area contributed by atoms with Crippen LogP contribution in [0.2, 0.25) is 0 Å². The van der Waals surface area contributed by atoms with Gasteiger partial charge in [0.1, 0.15) is 5.82 Å². The Morgan fingerprint density at radius 2 is 1.58 bits per heavy atom. The number of rotatable bonds is 3. The molecule has 2 fully saturated rings. The Morgan fingerprint density at radius 1 is 0.846 bits per heavy atom. The average Bonchev–Trinajstić information content (AvgIpc) is 2.71. The fourth-order valence-electron chi connectivity index (χ4n) is 3.69. The molecule has 6 nitrogen and oxygen atoms in total. The lowest BCUT2D eigenvalue weighted by Crippen LogP contribution is -2.47. The molecule has 3 heterocycles. The molecule has 2 saturated heterocycles. The molecule has 0 unspecified atom stereocenters. The summed E-state index contributed by atoms with van der Waals surface area (Å²) in [4.78, 5) is 16.4. The molecule has 0 N–H and O–H groups in total. The number of anilines is 3. The summed E-state index contributed by atoms with van der Waals surface area (Å²) in [5, 5.41) is 0. The summed E-state index contributed by atoms with van der Waals surface area (Å²) in [6, 6.07) is 8.56. The topological polar surface area (TPSA) is 44.7 Å². The van der Waals surface area contributed by atoms with Crippen LogP contribution in [0.3, 0.4) is 0 Å². The van der Waals surface area contributed by atoms with Crippen molar-refractivity contribution in [1.29, 1.82) is 0 Å². The normalized spacial score (nSPS) is 18.3. The molecule has 1 aromatic heterocycles. The van der Waals surface area contributed by atoms with Gasteiger partial charge in [0, 0.05) is 51.2 Å². The lowest BCUT2D eigenvalue weighted by atomic mass is 10.1. The summed E-state index contributed by atoms with van der Waals surface area (Å²) in [5.74, 6) is 1.85. The summed E-state index contributed by atoms with van der Waals surface area (Å²) in [6.45, 7) is 11.6. The van der Waals surface area contributed by atoms with Gasteiger partial charge in [-0.25, -0.2) is 4.98 Å². The molecule has 0 saturated carbocycles. The van der Waals surface area contributed by atoms with Gasteiger partial charge in [0.25, 0.3) is 0 Å². The zero-order chi connectivity index (χ0) is 17.9.